The molecule has 0 atom stereocenters. The first kappa shape index (κ1) is 20.4. The first-order chi connectivity index (χ1) is 15.2. The van der Waals surface area contributed by atoms with Gasteiger partial charge in [0.15, 0.2) is 11.6 Å². The van der Waals surface area contributed by atoms with Crippen molar-refractivity contribution in [2.75, 3.05) is 0 Å². The summed E-state index contributed by atoms with van der Waals surface area (Å²) >= 11 is 0. The van der Waals surface area contributed by atoms with Gasteiger partial charge >= 0.3 is 0 Å². The van der Waals surface area contributed by atoms with Gasteiger partial charge < -0.3 is 14.2 Å². The Morgan fingerprint density at radius 2 is 0.968 bits per heavy atom. The van der Waals surface area contributed by atoms with Crippen LogP contribution in [0.25, 0.3) is 0 Å². The molecule has 0 saturated heterocycles. The number of nitrogens with zero attached hydrogens (tertiary/aromatic N) is 2. The van der Waals surface area contributed by atoms with E-state index in [1.165, 1.54) is 24.3 Å². The molecule has 5 nitrogen and oxygen atoms in total. The van der Waals surface area contributed by atoms with Crippen molar-refractivity contribution >= 4 is 0 Å². The van der Waals surface area contributed by atoms with E-state index in [0.717, 1.165) is 0 Å². The average molecular weight is 420 g/mol. The summed E-state index contributed by atoms with van der Waals surface area (Å²) in [6, 6.07) is 23.2. The molecule has 0 radical (unpaired) electrons. The largest absolute Gasteiger partial charge is 0.436 e. The number of hydrogen-bond acceptors (Lipinski definition) is 5. The van der Waals surface area contributed by atoms with E-state index in [2.05, 4.69) is 9.97 Å². The van der Waals surface area contributed by atoms with Crippen LogP contribution >= 0.6 is 0 Å². The van der Waals surface area contributed by atoms with Gasteiger partial charge in [-0.2, -0.15) is 0 Å². The molecule has 2 heterocycles. The minimum Gasteiger partial charge on any atom is -0.436 e. The van der Waals surface area contributed by atoms with Gasteiger partial charge in [-0.25, -0.2) is 18.7 Å². The van der Waals surface area contributed by atoms with Crippen molar-refractivity contribution in [1.29, 1.82) is 0 Å². The molecule has 0 aliphatic rings. The van der Waals surface area contributed by atoms with Gasteiger partial charge in [0.2, 0.25) is 0 Å². The van der Waals surface area contributed by atoms with Crippen molar-refractivity contribution in [2.24, 2.45) is 0 Å². The Kier molecular flexibility index (Phi) is 6.44. The van der Waals surface area contributed by atoms with Crippen LogP contribution in [0.5, 0.6) is 23.3 Å². The quantitative estimate of drug-likeness (QED) is 0.347. The minimum absolute atomic E-state index is 0.0966. The SMILES string of the molecule is Fc1ccc(COCc2ccc(F)c(Oc3ccccc3)n2)nc1Oc1ccccc1. The van der Waals surface area contributed by atoms with Crippen molar-refractivity contribution in [2.45, 2.75) is 13.2 Å². The molecular formula is C24H18F2N2O3. The van der Waals surface area contributed by atoms with E-state index in [1.807, 2.05) is 12.1 Å². The highest BCUT2D eigenvalue weighted by Crippen LogP contribution is 2.24. The van der Waals surface area contributed by atoms with Crippen LogP contribution < -0.4 is 9.47 Å². The Labute approximate surface area is 177 Å². The van der Waals surface area contributed by atoms with E-state index in [4.69, 9.17) is 14.2 Å². The first-order valence-corrected chi connectivity index (χ1v) is 9.52. The van der Waals surface area contributed by atoms with E-state index < -0.39 is 11.6 Å². The molecule has 4 aromatic rings. The predicted octanol–water partition coefficient (Wildman–Crippen LogP) is 6.06. The normalized spacial score (nSPS) is 10.6. The van der Waals surface area contributed by atoms with Crippen LogP contribution in [-0.4, -0.2) is 9.97 Å². The molecule has 0 spiro atoms. The number of rotatable bonds is 8. The molecular weight excluding hydrogens is 402 g/mol. The Balaban J connectivity index is 1.38. The Bertz CT molecular complexity index is 1050. The van der Waals surface area contributed by atoms with Gasteiger partial charge in [0.05, 0.1) is 24.6 Å². The maximum Gasteiger partial charge on any atom is 0.256 e. The third-order valence-corrected chi connectivity index (χ3v) is 4.16. The van der Waals surface area contributed by atoms with Gasteiger partial charge in [-0.3, -0.25) is 0 Å². The highest BCUT2D eigenvalue weighted by Gasteiger charge is 2.11. The monoisotopic (exact) mass is 420 g/mol. The standard InChI is InChI=1S/C24H18F2N2O3/c25-21-13-11-17(27-23(21)30-19-7-3-1-4-8-19)15-29-16-18-12-14-22(26)24(28-18)31-20-9-5-2-6-10-20/h1-14H,15-16H2. The molecule has 0 saturated carbocycles. The molecule has 4 rings (SSSR count). The van der Waals surface area contributed by atoms with Crippen molar-refractivity contribution < 1.29 is 23.0 Å². The summed E-state index contributed by atoms with van der Waals surface area (Å²) < 4.78 is 44.6. The molecule has 31 heavy (non-hydrogen) atoms. The van der Waals surface area contributed by atoms with E-state index in [-0.39, 0.29) is 25.0 Å². The second-order valence-electron chi connectivity index (χ2n) is 6.50. The minimum atomic E-state index is -0.574. The van der Waals surface area contributed by atoms with Gasteiger partial charge in [-0.1, -0.05) is 36.4 Å². The number of benzene rings is 2. The number of halogens is 2. The molecule has 0 amide bonds. The van der Waals surface area contributed by atoms with Crippen molar-refractivity contribution in [3.8, 4) is 23.3 Å². The van der Waals surface area contributed by atoms with E-state index in [1.54, 1.807) is 48.5 Å². The van der Waals surface area contributed by atoms with Gasteiger partial charge in [-0.05, 0) is 48.5 Å². The molecule has 0 aliphatic heterocycles. The van der Waals surface area contributed by atoms with Crippen LogP contribution in [-0.2, 0) is 18.0 Å². The fourth-order valence-electron chi connectivity index (χ4n) is 2.69. The molecule has 0 bridgehead atoms. The molecule has 7 heteroatoms. The van der Waals surface area contributed by atoms with Crippen LogP contribution in [0.1, 0.15) is 11.4 Å². The summed E-state index contributed by atoms with van der Waals surface area (Å²) in [5, 5.41) is 0. The molecule has 2 aromatic heterocycles. The van der Waals surface area contributed by atoms with E-state index in [0.29, 0.717) is 22.9 Å². The third-order valence-electron chi connectivity index (χ3n) is 4.16. The predicted molar refractivity (Wildman–Crippen MR) is 110 cm³/mol. The summed E-state index contributed by atoms with van der Waals surface area (Å²) in [6.45, 7) is 0.193. The molecule has 156 valence electrons. The zero-order chi connectivity index (χ0) is 21.5. The van der Waals surface area contributed by atoms with Crippen LogP contribution in [0.2, 0.25) is 0 Å². The van der Waals surface area contributed by atoms with E-state index >= 15 is 0 Å². The molecule has 0 aliphatic carbocycles. The summed E-state index contributed by atoms with van der Waals surface area (Å²) in [7, 11) is 0. The number of para-hydroxylation sites is 2. The molecule has 0 unspecified atom stereocenters. The third kappa shape index (κ3) is 5.61. The Hall–Kier alpha value is -3.84. The fraction of sp³-hybridized carbons (Fsp3) is 0.0833. The summed E-state index contributed by atoms with van der Waals surface area (Å²) in [4.78, 5) is 8.32. The van der Waals surface area contributed by atoms with Crippen molar-refractivity contribution in [3.05, 3.63) is 108 Å². The Morgan fingerprint density at radius 1 is 0.548 bits per heavy atom. The van der Waals surface area contributed by atoms with Crippen LogP contribution in [0.15, 0.2) is 84.9 Å². The summed E-state index contributed by atoms with van der Waals surface area (Å²) in [5.41, 5.74) is 0.963. The molecule has 0 N–H and O–H groups in total. The topological polar surface area (TPSA) is 53.5 Å². The maximum atomic E-state index is 14.0. The number of aromatic nitrogens is 2. The van der Waals surface area contributed by atoms with Crippen LogP contribution in [0.3, 0.4) is 0 Å². The van der Waals surface area contributed by atoms with E-state index in [9.17, 15) is 8.78 Å². The number of ether oxygens (including phenoxy) is 3. The van der Waals surface area contributed by atoms with Crippen LogP contribution in [0, 0.1) is 11.6 Å². The fourth-order valence-corrected chi connectivity index (χ4v) is 2.69. The summed E-state index contributed by atoms with van der Waals surface area (Å²) in [5.74, 6) is -0.454. The number of hydrogen-bond donors (Lipinski definition) is 0. The highest BCUT2D eigenvalue weighted by atomic mass is 19.1. The summed E-state index contributed by atoms with van der Waals surface area (Å²) in [6.07, 6.45) is 0. The van der Waals surface area contributed by atoms with Gasteiger partial charge in [0, 0.05) is 0 Å². The van der Waals surface area contributed by atoms with Crippen LogP contribution in [0.4, 0.5) is 8.78 Å². The smallest absolute Gasteiger partial charge is 0.256 e. The Morgan fingerprint density at radius 3 is 1.39 bits per heavy atom. The number of pyridine rings is 2. The first-order valence-electron chi connectivity index (χ1n) is 9.52. The molecule has 2 aromatic carbocycles. The lowest BCUT2D eigenvalue weighted by atomic mass is 10.3. The van der Waals surface area contributed by atoms with Gasteiger partial charge in [-0.15, -0.1) is 0 Å². The lowest BCUT2D eigenvalue weighted by Gasteiger charge is -2.09. The van der Waals surface area contributed by atoms with Crippen molar-refractivity contribution in [3.63, 3.8) is 0 Å². The second-order valence-corrected chi connectivity index (χ2v) is 6.50. The molecule has 0 fully saturated rings. The lowest BCUT2D eigenvalue weighted by molar-refractivity contribution is 0.101. The van der Waals surface area contributed by atoms with Gasteiger partial charge in [0.25, 0.3) is 11.8 Å². The highest BCUT2D eigenvalue weighted by molar-refractivity contribution is 5.29. The zero-order valence-corrected chi connectivity index (χ0v) is 16.4. The second kappa shape index (κ2) is 9.77. The van der Waals surface area contributed by atoms with Crippen molar-refractivity contribution in [1.82, 2.24) is 9.97 Å². The lowest BCUT2D eigenvalue weighted by Crippen LogP contribution is -2.02. The average Bonchev–Trinajstić information content (AvgIpc) is 2.79. The van der Waals surface area contributed by atoms with Gasteiger partial charge in [0.1, 0.15) is 11.5 Å². The zero-order valence-electron chi connectivity index (χ0n) is 16.4. The maximum absolute atomic E-state index is 14.0.